The number of aryl methyl sites for hydroxylation is 2. The number of halogens is 1. The van der Waals surface area contributed by atoms with Gasteiger partial charge >= 0.3 is 0 Å². The van der Waals surface area contributed by atoms with Crippen molar-refractivity contribution in [3.8, 4) is 0 Å². The first-order valence-corrected chi connectivity index (χ1v) is 8.86. The van der Waals surface area contributed by atoms with E-state index in [2.05, 4.69) is 10.4 Å². The Bertz CT molecular complexity index is 812. The molecule has 1 saturated heterocycles. The summed E-state index contributed by atoms with van der Waals surface area (Å²) in [5.74, 6) is 0.307. The number of piperidine rings is 1. The van der Waals surface area contributed by atoms with E-state index in [1.54, 1.807) is 30.2 Å². The fraction of sp³-hybridized carbons (Fsp3) is 0.421. The van der Waals surface area contributed by atoms with Crippen LogP contribution < -0.4 is 11.1 Å². The van der Waals surface area contributed by atoms with Gasteiger partial charge in [-0.05, 0) is 43.4 Å². The van der Waals surface area contributed by atoms with Gasteiger partial charge in [-0.3, -0.25) is 14.3 Å². The van der Waals surface area contributed by atoms with Crippen molar-refractivity contribution in [3.63, 3.8) is 0 Å². The lowest BCUT2D eigenvalue weighted by molar-refractivity contribution is 0.0683. The van der Waals surface area contributed by atoms with E-state index in [4.69, 9.17) is 5.73 Å². The van der Waals surface area contributed by atoms with E-state index in [0.29, 0.717) is 42.4 Å². The molecule has 8 heteroatoms. The van der Waals surface area contributed by atoms with E-state index >= 15 is 0 Å². The molecule has 1 aromatic heterocycles. The molecule has 3 N–H and O–H groups in total. The second-order valence-electron chi connectivity index (χ2n) is 6.92. The van der Waals surface area contributed by atoms with Crippen molar-refractivity contribution in [2.24, 2.45) is 13.0 Å². The van der Waals surface area contributed by atoms with E-state index in [0.717, 1.165) is 18.4 Å². The molecular weight excluding hydrogens is 366 g/mol. The lowest BCUT2D eigenvalue weighted by atomic mass is 9.95. The number of anilines is 1. The van der Waals surface area contributed by atoms with Gasteiger partial charge in [-0.2, -0.15) is 5.10 Å². The molecule has 2 heterocycles. The second kappa shape index (κ2) is 8.90. The number of nitrogens with zero attached hydrogens (tertiary/aromatic N) is 3. The third-order valence-corrected chi connectivity index (χ3v) is 4.91. The van der Waals surface area contributed by atoms with Crippen molar-refractivity contribution in [3.05, 3.63) is 47.3 Å². The molecule has 0 atom stereocenters. The van der Waals surface area contributed by atoms with Crippen molar-refractivity contribution >= 4 is 29.9 Å². The molecule has 146 valence electrons. The Hall–Kier alpha value is -2.54. The maximum atomic E-state index is 12.7. The fourth-order valence-electron chi connectivity index (χ4n) is 3.26. The molecule has 1 aromatic carbocycles. The Kier molecular flexibility index (Phi) is 6.85. The largest absolute Gasteiger partial charge is 0.399 e. The third-order valence-electron chi connectivity index (χ3n) is 4.91. The molecule has 27 heavy (non-hydrogen) atoms. The highest BCUT2D eigenvalue weighted by molar-refractivity contribution is 5.96. The van der Waals surface area contributed by atoms with Crippen LogP contribution in [-0.4, -0.2) is 46.1 Å². The van der Waals surface area contributed by atoms with E-state index in [1.807, 2.05) is 24.0 Å². The van der Waals surface area contributed by atoms with Crippen LogP contribution in [0, 0.1) is 12.8 Å². The monoisotopic (exact) mass is 391 g/mol. The van der Waals surface area contributed by atoms with Gasteiger partial charge in [0.25, 0.3) is 11.8 Å². The zero-order chi connectivity index (χ0) is 18.7. The maximum absolute atomic E-state index is 12.7. The fourth-order valence-corrected chi connectivity index (χ4v) is 3.26. The van der Waals surface area contributed by atoms with Gasteiger partial charge in [0.15, 0.2) is 0 Å². The predicted molar refractivity (Wildman–Crippen MR) is 107 cm³/mol. The second-order valence-corrected chi connectivity index (χ2v) is 6.92. The summed E-state index contributed by atoms with van der Waals surface area (Å²) >= 11 is 0. The van der Waals surface area contributed by atoms with Crippen LogP contribution in [0.15, 0.2) is 30.6 Å². The average Bonchev–Trinajstić information content (AvgIpc) is 3.08. The smallest absolute Gasteiger partial charge is 0.254 e. The molecule has 2 amide bonds. The number of amides is 2. The number of benzene rings is 1. The first-order valence-electron chi connectivity index (χ1n) is 8.86. The van der Waals surface area contributed by atoms with Crippen LogP contribution >= 0.6 is 12.4 Å². The number of carbonyl (C=O) groups is 2. The highest BCUT2D eigenvalue weighted by atomic mass is 35.5. The first-order chi connectivity index (χ1) is 12.4. The van der Waals surface area contributed by atoms with Crippen molar-refractivity contribution in [2.45, 2.75) is 19.8 Å². The lowest BCUT2D eigenvalue weighted by Crippen LogP contribution is -2.41. The number of nitrogens with one attached hydrogen (secondary N) is 1. The Morgan fingerprint density at radius 1 is 1.30 bits per heavy atom. The molecule has 0 unspecified atom stereocenters. The lowest BCUT2D eigenvalue weighted by Gasteiger charge is -2.32. The van der Waals surface area contributed by atoms with Gasteiger partial charge in [0.2, 0.25) is 0 Å². The normalized spacial score (nSPS) is 14.5. The van der Waals surface area contributed by atoms with Gasteiger partial charge in [0.05, 0.1) is 11.8 Å². The number of nitrogen functional groups attached to an aromatic ring is 1. The van der Waals surface area contributed by atoms with Gasteiger partial charge < -0.3 is 16.0 Å². The SMILES string of the molecule is Cc1ccc(N)cc1C(=O)N1CCC(CNC(=O)c2cnn(C)c2)CC1.Cl. The van der Waals surface area contributed by atoms with Gasteiger partial charge in [0.1, 0.15) is 0 Å². The average molecular weight is 392 g/mol. The van der Waals surface area contributed by atoms with Crippen molar-refractivity contribution in [1.29, 1.82) is 0 Å². The summed E-state index contributed by atoms with van der Waals surface area (Å²) in [5, 5.41) is 6.97. The van der Waals surface area contributed by atoms with Gasteiger partial charge in [-0.15, -0.1) is 12.4 Å². The number of hydrogen-bond acceptors (Lipinski definition) is 4. The van der Waals surface area contributed by atoms with Crippen LogP contribution in [0.1, 0.15) is 39.1 Å². The molecule has 0 radical (unpaired) electrons. The number of nitrogens with two attached hydrogens (primary N) is 1. The van der Waals surface area contributed by atoms with Gasteiger partial charge in [0, 0.05) is 44.1 Å². The first kappa shape index (κ1) is 20.8. The Morgan fingerprint density at radius 2 is 2.00 bits per heavy atom. The topological polar surface area (TPSA) is 93.2 Å². The quantitative estimate of drug-likeness (QED) is 0.779. The van der Waals surface area contributed by atoms with Crippen molar-refractivity contribution < 1.29 is 9.59 Å². The number of rotatable bonds is 4. The number of carbonyl (C=O) groups excluding carboxylic acids is 2. The molecule has 0 bridgehead atoms. The van der Waals surface area contributed by atoms with E-state index < -0.39 is 0 Å². The summed E-state index contributed by atoms with van der Waals surface area (Å²) in [6.45, 7) is 3.93. The minimum Gasteiger partial charge on any atom is -0.399 e. The number of likely N-dealkylation sites (tertiary alicyclic amines) is 1. The highest BCUT2D eigenvalue weighted by Gasteiger charge is 2.25. The molecule has 1 fully saturated rings. The van der Waals surface area contributed by atoms with Crippen LogP contribution in [0.4, 0.5) is 5.69 Å². The molecule has 0 aliphatic carbocycles. The Labute approximate surface area is 165 Å². The molecule has 7 nitrogen and oxygen atoms in total. The third kappa shape index (κ3) is 5.01. The van der Waals surface area contributed by atoms with Crippen molar-refractivity contribution in [1.82, 2.24) is 20.0 Å². The zero-order valence-electron chi connectivity index (χ0n) is 15.6. The molecule has 1 aliphatic heterocycles. The van der Waals surface area contributed by atoms with Crippen LogP contribution in [0.5, 0.6) is 0 Å². The summed E-state index contributed by atoms with van der Waals surface area (Å²) in [7, 11) is 1.78. The summed E-state index contributed by atoms with van der Waals surface area (Å²) in [6, 6.07) is 5.43. The van der Waals surface area contributed by atoms with E-state index in [-0.39, 0.29) is 24.2 Å². The maximum Gasteiger partial charge on any atom is 0.254 e. The molecule has 1 aliphatic rings. The van der Waals surface area contributed by atoms with E-state index in [9.17, 15) is 9.59 Å². The summed E-state index contributed by atoms with van der Waals surface area (Å²) in [6.07, 6.45) is 5.01. The van der Waals surface area contributed by atoms with Gasteiger partial charge in [-0.1, -0.05) is 6.07 Å². The minimum atomic E-state index is -0.105. The summed E-state index contributed by atoms with van der Waals surface area (Å²) in [5.41, 5.74) is 8.60. The van der Waals surface area contributed by atoms with Crippen molar-refractivity contribution in [2.75, 3.05) is 25.4 Å². The van der Waals surface area contributed by atoms with Crippen LogP contribution in [-0.2, 0) is 7.05 Å². The molecule has 0 saturated carbocycles. The molecule has 3 rings (SSSR count). The summed E-state index contributed by atoms with van der Waals surface area (Å²) in [4.78, 5) is 26.7. The summed E-state index contributed by atoms with van der Waals surface area (Å²) < 4.78 is 1.61. The van der Waals surface area contributed by atoms with Crippen LogP contribution in [0.2, 0.25) is 0 Å². The molecule has 0 spiro atoms. The van der Waals surface area contributed by atoms with Crippen LogP contribution in [0.3, 0.4) is 0 Å². The Morgan fingerprint density at radius 3 is 2.63 bits per heavy atom. The highest BCUT2D eigenvalue weighted by Crippen LogP contribution is 2.21. The molecular formula is C19H26ClN5O2. The minimum absolute atomic E-state index is 0. The predicted octanol–water partition coefficient (Wildman–Crippen LogP) is 2.01. The standard InChI is InChI=1S/C19H25N5O2.ClH/c1-13-3-4-16(20)9-17(13)19(26)24-7-5-14(6-8-24)10-21-18(25)15-11-22-23(2)12-15;/h3-4,9,11-12,14H,5-8,10,20H2,1-2H3,(H,21,25);1H. The van der Waals surface area contributed by atoms with Crippen LogP contribution in [0.25, 0.3) is 0 Å². The number of aromatic nitrogens is 2. The van der Waals surface area contributed by atoms with Gasteiger partial charge in [-0.25, -0.2) is 0 Å². The number of hydrogen-bond donors (Lipinski definition) is 2. The van der Waals surface area contributed by atoms with E-state index in [1.165, 1.54) is 0 Å². The zero-order valence-corrected chi connectivity index (χ0v) is 16.5. The Balaban J connectivity index is 0.00000261. The molecule has 2 aromatic rings.